The van der Waals surface area contributed by atoms with Crippen LogP contribution in [0.5, 0.6) is 0 Å². The zero-order valence-electron chi connectivity index (χ0n) is 6.44. The maximum Gasteiger partial charge on any atom is 0.0510 e. The fourth-order valence-electron chi connectivity index (χ4n) is 0.820. The molecule has 0 aliphatic heterocycles. The predicted octanol–water partition coefficient (Wildman–Crippen LogP) is 2.48. The average molecular weight is 157 g/mol. The first kappa shape index (κ1) is 8.19. The second kappa shape index (κ2) is 4.07. The van der Waals surface area contributed by atoms with Crippen molar-refractivity contribution in [2.45, 2.75) is 6.54 Å². The van der Waals surface area contributed by atoms with Gasteiger partial charge in [-0.15, -0.1) is 6.42 Å². The Balaban J connectivity index is 2.79. The number of azide groups is 1. The van der Waals surface area contributed by atoms with Crippen LogP contribution in [0.1, 0.15) is 11.1 Å². The van der Waals surface area contributed by atoms with Crippen LogP contribution in [0.15, 0.2) is 29.4 Å². The number of benzene rings is 1. The Bertz CT molecular complexity index is 339. The van der Waals surface area contributed by atoms with Gasteiger partial charge in [-0.05, 0) is 23.2 Å². The standard InChI is InChI=1S/C9H7N3/c1-2-8-3-5-9(6-4-8)7-11-12-10/h1,3-6H,7H2. The van der Waals surface area contributed by atoms with Crippen LogP contribution < -0.4 is 0 Å². The third kappa shape index (κ3) is 2.05. The van der Waals surface area contributed by atoms with E-state index < -0.39 is 0 Å². The molecule has 0 spiro atoms. The Morgan fingerprint density at radius 1 is 1.42 bits per heavy atom. The highest BCUT2D eigenvalue weighted by molar-refractivity contribution is 5.34. The molecule has 0 unspecified atom stereocenters. The molecule has 0 atom stereocenters. The quantitative estimate of drug-likeness (QED) is 0.274. The fraction of sp³-hybridized carbons (Fsp3) is 0.111. The van der Waals surface area contributed by atoms with Gasteiger partial charge in [-0.1, -0.05) is 23.2 Å². The van der Waals surface area contributed by atoms with Crippen LogP contribution in [0.2, 0.25) is 0 Å². The summed E-state index contributed by atoms with van der Waals surface area (Å²) in [5, 5.41) is 3.43. The molecule has 0 amide bonds. The summed E-state index contributed by atoms with van der Waals surface area (Å²) in [6, 6.07) is 7.35. The van der Waals surface area contributed by atoms with E-state index >= 15 is 0 Å². The molecule has 3 heteroatoms. The average Bonchev–Trinajstić information content (AvgIpc) is 2.15. The minimum absolute atomic E-state index is 0.376. The van der Waals surface area contributed by atoms with E-state index in [1.54, 1.807) is 0 Å². The SMILES string of the molecule is C#Cc1ccc(CN=[N+]=[N-])cc1. The monoisotopic (exact) mass is 157 g/mol. The van der Waals surface area contributed by atoms with E-state index in [9.17, 15) is 0 Å². The molecular formula is C9H7N3. The fourth-order valence-corrected chi connectivity index (χ4v) is 0.820. The van der Waals surface area contributed by atoms with Crippen molar-refractivity contribution < 1.29 is 0 Å². The van der Waals surface area contributed by atoms with E-state index in [4.69, 9.17) is 12.0 Å². The molecule has 3 nitrogen and oxygen atoms in total. The molecule has 0 saturated heterocycles. The lowest BCUT2D eigenvalue weighted by atomic mass is 10.1. The van der Waals surface area contributed by atoms with Crippen molar-refractivity contribution in [3.8, 4) is 12.3 Å². The van der Waals surface area contributed by atoms with Gasteiger partial charge >= 0.3 is 0 Å². The first-order chi connectivity index (χ1) is 5.86. The molecule has 1 aromatic rings. The number of terminal acetylenes is 1. The Hall–Kier alpha value is -1.91. The van der Waals surface area contributed by atoms with Crippen LogP contribution in [0.25, 0.3) is 10.4 Å². The van der Waals surface area contributed by atoms with E-state index in [1.807, 2.05) is 24.3 Å². The van der Waals surface area contributed by atoms with Crippen molar-refractivity contribution in [1.82, 2.24) is 0 Å². The summed E-state index contributed by atoms with van der Waals surface area (Å²) in [7, 11) is 0. The van der Waals surface area contributed by atoms with E-state index in [2.05, 4.69) is 15.9 Å². The Labute approximate surface area is 70.7 Å². The van der Waals surface area contributed by atoms with Crippen LogP contribution >= 0.6 is 0 Å². The zero-order valence-corrected chi connectivity index (χ0v) is 6.44. The van der Waals surface area contributed by atoms with Crippen molar-refractivity contribution in [3.63, 3.8) is 0 Å². The topological polar surface area (TPSA) is 48.8 Å². The van der Waals surface area contributed by atoms with Gasteiger partial charge in [0.05, 0.1) is 6.54 Å². The molecule has 1 rings (SSSR count). The minimum Gasteiger partial charge on any atom is -0.115 e. The molecule has 0 fully saturated rings. The molecule has 0 bridgehead atoms. The third-order valence-corrected chi connectivity index (χ3v) is 1.44. The Morgan fingerprint density at radius 2 is 2.08 bits per heavy atom. The molecule has 0 aromatic heterocycles. The first-order valence-corrected chi connectivity index (χ1v) is 3.43. The molecule has 0 aliphatic carbocycles. The van der Waals surface area contributed by atoms with Gasteiger partial charge in [-0.25, -0.2) is 0 Å². The van der Waals surface area contributed by atoms with Gasteiger partial charge in [-0.2, -0.15) is 0 Å². The predicted molar refractivity (Wildman–Crippen MR) is 47.2 cm³/mol. The summed E-state index contributed by atoms with van der Waals surface area (Å²) >= 11 is 0. The highest BCUT2D eigenvalue weighted by Crippen LogP contribution is 2.04. The normalized spacial score (nSPS) is 8.25. The lowest BCUT2D eigenvalue weighted by molar-refractivity contribution is 1.05. The second-order valence-corrected chi connectivity index (χ2v) is 2.23. The van der Waals surface area contributed by atoms with E-state index in [-0.39, 0.29) is 0 Å². The van der Waals surface area contributed by atoms with Gasteiger partial charge in [0.25, 0.3) is 0 Å². The molecule has 0 aliphatic rings. The van der Waals surface area contributed by atoms with Crippen LogP contribution in [-0.2, 0) is 6.54 Å². The lowest BCUT2D eigenvalue weighted by Gasteiger charge is -1.94. The molecule has 0 heterocycles. The molecular weight excluding hydrogens is 150 g/mol. The van der Waals surface area contributed by atoms with Crippen LogP contribution in [0, 0.1) is 12.3 Å². The number of nitrogens with zero attached hydrogens (tertiary/aromatic N) is 3. The Morgan fingerprint density at radius 3 is 2.58 bits per heavy atom. The number of hydrogen-bond donors (Lipinski definition) is 0. The third-order valence-electron chi connectivity index (χ3n) is 1.44. The minimum atomic E-state index is 0.376. The molecule has 12 heavy (non-hydrogen) atoms. The van der Waals surface area contributed by atoms with Crippen molar-refractivity contribution in [3.05, 3.63) is 45.8 Å². The zero-order chi connectivity index (χ0) is 8.81. The van der Waals surface area contributed by atoms with Crippen LogP contribution in [0.3, 0.4) is 0 Å². The van der Waals surface area contributed by atoms with Gasteiger partial charge < -0.3 is 0 Å². The first-order valence-electron chi connectivity index (χ1n) is 3.43. The summed E-state index contributed by atoms with van der Waals surface area (Å²) < 4.78 is 0. The summed E-state index contributed by atoms with van der Waals surface area (Å²) in [5.41, 5.74) is 9.85. The van der Waals surface area contributed by atoms with E-state index in [0.29, 0.717) is 6.54 Å². The highest BCUT2D eigenvalue weighted by Gasteiger charge is 1.89. The molecule has 58 valence electrons. The molecule has 0 N–H and O–H groups in total. The summed E-state index contributed by atoms with van der Waals surface area (Å²) in [6.45, 7) is 0.376. The number of hydrogen-bond acceptors (Lipinski definition) is 1. The smallest absolute Gasteiger partial charge is 0.0510 e. The largest absolute Gasteiger partial charge is 0.115 e. The van der Waals surface area contributed by atoms with Crippen molar-refractivity contribution in [2.24, 2.45) is 5.11 Å². The maximum absolute atomic E-state index is 8.05. The summed E-state index contributed by atoms with van der Waals surface area (Å²) in [5.74, 6) is 2.51. The van der Waals surface area contributed by atoms with Crippen LogP contribution in [-0.4, -0.2) is 0 Å². The van der Waals surface area contributed by atoms with E-state index in [0.717, 1.165) is 11.1 Å². The van der Waals surface area contributed by atoms with E-state index in [1.165, 1.54) is 0 Å². The van der Waals surface area contributed by atoms with Crippen molar-refractivity contribution >= 4 is 0 Å². The lowest BCUT2D eigenvalue weighted by Crippen LogP contribution is -1.80. The van der Waals surface area contributed by atoms with Gasteiger partial charge in [-0.3, -0.25) is 0 Å². The number of rotatable bonds is 2. The summed E-state index contributed by atoms with van der Waals surface area (Å²) in [6.07, 6.45) is 5.17. The molecule has 0 radical (unpaired) electrons. The van der Waals surface area contributed by atoms with Crippen molar-refractivity contribution in [1.29, 1.82) is 0 Å². The van der Waals surface area contributed by atoms with Gasteiger partial charge in [0.15, 0.2) is 0 Å². The van der Waals surface area contributed by atoms with Crippen molar-refractivity contribution in [2.75, 3.05) is 0 Å². The molecule has 0 saturated carbocycles. The van der Waals surface area contributed by atoms with Gasteiger partial charge in [0.1, 0.15) is 0 Å². The van der Waals surface area contributed by atoms with Crippen LogP contribution in [0.4, 0.5) is 0 Å². The highest BCUT2D eigenvalue weighted by atomic mass is 15.1. The summed E-state index contributed by atoms with van der Waals surface area (Å²) in [4.78, 5) is 2.66. The van der Waals surface area contributed by atoms with Gasteiger partial charge in [0.2, 0.25) is 0 Å². The molecule has 1 aromatic carbocycles. The Kier molecular flexibility index (Phi) is 2.78. The second-order valence-electron chi connectivity index (χ2n) is 2.23. The maximum atomic E-state index is 8.05. The van der Waals surface area contributed by atoms with Gasteiger partial charge in [0, 0.05) is 10.5 Å².